The molecule has 0 radical (unpaired) electrons. The van der Waals surface area contributed by atoms with Gasteiger partial charge in [-0.15, -0.1) is 0 Å². The van der Waals surface area contributed by atoms with Crippen LogP contribution in [0.15, 0.2) is 47.4 Å². The molecule has 1 saturated heterocycles. The molecule has 2 aromatic rings. The minimum atomic E-state index is -3.74. The summed E-state index contributed by atoms with van der Waals surface area (Å²) in [5.74, 6) is -0.0282. The second-order valence-corrected chi connectivity index (χ2v) is 8.80. The first-order valence-electron chi connectivity index (χ1n) is 9.12. The van der Waals surface area contributed by atoms with Crippen molar-refractivity contribution in [1.29, 1.82) is 0 Å². The molecule has 1 fully saturated rings. The van der Waals surface area contributed by atoms with Gasteiger partial charge in [0.15, 0.2) is 0 Å². The van der Waals surface area contributed by atoms with Crippen molar-refractivity contribution in [3.63, 3.8) is 0 Å². The van der Waals surface area contributed by atoms with E-state index in [9.17, 15) is 13.2 Å². The maximum Gasteiger partial charge on any atom is 0.339 e. The molecule has 0 N–H and O–H groups in total. The Morgan fingerprint density at radius 3 is 2.62 bits per heavy atom. The lowest BCUT2D eigenvalue weighted by molar-refractivity contribution is 0.0450. The third-order valence-electron chi connectivity index (χ3n) is 4.34. The van der Waals surface area contributed by atoms with Crippen molar-refractivity contribution in [2.24, 2.45) is 0 Å². The van der Waals surface area contributed by atoms with Crippen LogP contribution in [0.5, 0.6) is 5.75 Å². The molecule has 7 nitrogen and oxygen atoms in total. The Hall–Kier alpha value is -2.13. The summed E-state index contributed by atoms with van der Waals surface area (Å²) in [5.41, 5.74) is 1.06. The molecule has 0 amide bonds. The molecule has 1 heterocycles. The number of rotatable bonds is 7. The lowest BCUT2D eigenvalue weighted by Crippen LogP contribution is -2.40. The van der Waals surface area contributed by atoms with E-state index in [2.05, 4.69) is 0 Å². The standard InChI is InChI=1S/C20H22ClNO6S/c1-15-3-2-4-16(13-15)27-11-12-28-20(23)18-14-17(5-6-19(18)21)29(24,25)22-7-9-26-10-8-22/h2-6,13-14H,7-12H2,1H3. The summed E-state index contributed by atoms with van der Waals surface area (Å²) in [4.78, 5) is 12.4. The molecule has 1 aliphatic rings. The first-order chi connectivity index (χ1) is 13.9. The largest absolute Gasteiger partial charge is 0.490 e. The Kier molecular flexibility index (Phi) is 7.13. The molecule has 9 heteroatoms. The number of hydrogen-bond acceptors (Lipinski definition) is 6. The first kappa shape index (κ1) is 21.6. The first-order valence-corrected chi connectivity index (χ1v) is 10.9. The van der Waals surface area contributed by atoms with E-state index in [-0.39, 0.29) is 41.8 Å². The zero-order valence-corrected chi connectivity index (χ0v) is 17.5. The van der Waals surface area contributed by atoms with Crippen LogP contribution in [0, 0.1) is 6.92 Å². The Morgan fingerprint density at radius 2 is 1.90 bits per heavy atom. The lowest BCUT2D eigenvalue weighted by Gasteiger charge is -2.26. The summed E-state index contributed by atoms with van der Waals surface area (Å²) < 4.78 is 42.8. The summed E-state index contributed by atoms with van der Waals surface area (Å²) in [5, 5.41) is 0.121. The highest BCUT2D eigenvalue weighted by Gasteiger charge is 2.27. The molecule has 0 unspecified atom stereocenters. The van der Waals surface area contributed by atoms with Crippen molar-refractivity contribution in [3.05, 3.63) is 58.6 Å². The summed E-state index contributed by atoms with van der Waals surface area (Å²) in [6.07, 6.45) is 0. The minimum Gasteiger partial charge on any atom is -0.490 e. The number of carbonyl (C=O) groups excluding carboxylic acids is 1. The zero-order chi connectivity index (χ0) is 20.9. The van der Waals surface area contributed by atoms with Crippen molar-refractivity contribution in [2.45, 2.75) is 11.8 Å². The number of aryl methyl sites for hydroxylation is 1. The lowest BCUT2D eigenvalue weighted by atomic mass is 10.2. The van der Waals surface area contributed by atoms with Crippen molar-refractivity contribution in [1.82, 2.24) is 4.31 Å². The van der Waals surface area contributed by atoms with Gasteiger partial charge in [-0.25, -0.2) is 13.2 Å². The predicted molar refractivity (Wildman–Crippen MR) is 108 cm³/mol. The molecule has 0 bridgehead atoms. The molecule has 0 atom stereocenters. The second kappa shape index (κ2) is 9.58. The number of esters is 1. The van der Waals surface area contributed by atoms with Crippen LogP contribution in [0.2, 0.25) is 5.02 Å². The van der Waals surface area contributed by atoms with Gasteiger partial charge in [-0.05, 0) is 42.8 Å². The van der Waals surface area contributed by atoms with Crippen LogP contribution in [-0.2, 0) is 19.5 Å². The third-order valence-corrected chi connectivity index (χ3v) is 6.56. The monoisotopic (exact) mass is 439 g/mol. The van der Waals surface area contributed by atoms with E-state index in [1.54, 1.807) is 0 Å². The fourth-order valence-electron chi connectivity index (χ4n) is 2.83. The summed E-state index contributed by atoms with van der Waals surface area (Å²) in [6.45, 7) is 3.32. The molecule has 0 aromatic heterocycles. The highest BCUT2D eigenvalue weighted by Crippen LogP contribution is 2.24. The Bertz CT molecular complexity index is 973. The van der Waals surface area contributed by atoms with Crippen LogP contribution in [-0.4, -0.2) is 58.2 Å². The van der Waals surface area contributed by atoms with Crippen LogP contribution in [0.1, 0.15) is 15.9 Å². The van der Waals surface area contributed by atoms with Gasteiger partial charge in [-0.2, -0.15) is 4.31 Å². The van der Waals surface area contributed by atoms with Crippen molar-refractivity contribution < 1.29 is 27.4 Å². The Balaban J connectivity index is 1.63. The van der Waals surface area contributed by atoms with Gasteiger partial charge in [0.1, 0.15) is 19.0 Å². The molecule has 2 aromatic carbocycles. The van der Waals surface area contributed by atoms with E-state index < -0.39 is 16.0 Å². The van der Waals surface area contributed by atoms with Crippen molar-refractivity contribution >= 4 is 27.6 Å². The van der Waals surface area contributed by atoms with E-state index in [0.717, 1.165) is 5.56 Å². The van der Waals surface area contributed by atoms with Gasteiger partial charge < -0.3 is 14.2 Å². The average molecular weight is 440 g/mol. The smallest absolute Gasteiger partial charge is 0.339 e. The van der Waals surface area contributed by atoms with Crippen LogP contribution in [0.4, 0.5) is 0 Å². The fraction of sp³-hybridized carbons (Fsp3) is 0.350. The summed E-state index contributed by atoms with van der Waals surface area (Å²) in [7, 11) is -3.74. The molecule has 3 rings (SSSR count). The predicted octanol–water partition coefficient (Wildman–Crippen LogP) is 2.91. The van der Waals surface area contributed by atoms with Crippen molar-refractivity contribution in [2.75, 3.05) is 39.5 Å². The fourth-order valence-corrected chi connectivity index (χ4v) is 4.46. The quantitative estimate of drug-likeness (QED) is 0.487. The Labute approximate surface area is 175 Å². The summed E-state index contributed by atoms with van der Waals surface area (Å²) >= 11 is 6.09. The van der Waals surface area contributed by atoms with Gasteiger partial charge in [-0.1, -0.05) is 23.7 Å². The molecule has 29 heavy (non-hydrogen) atoms. The number of nitrogens with zero attached hydrogens (tertiary/aromatic N) is 1. The van der Waals surface area contributed by atoms with Crippen LogP contribution in [0.3, 0.4) is 0 Å². The average Bonchev–Trinajstić information content (AvgIpc) is 2.72. The van der Waals surface area contributed by atoms with Crippen molar-refractivity contribution in [3.8, 4) is 5.75 Å². The highest BCUT2D eigenvalue weighted by molar-refractivity contribution is 7.89. The molecule has 0 spiro atoms. The number of hydrogen-bond donors (Lipinski definition) is 0. The molecular formula is C20H22ClNO6S. The molecule has 1 aliphatic heterocycles. The number of sulfonamides is 1. The molecule has 156 valence electrons. The molecule has 0 aliphatic carbocycles. The van der Waals surface area contributed by atoms with E-state index in [1.165, 1.54) is 22.5 Å². The van der Waals surface area contributed by atoms with Gasteiger partial charge in [0.05, 0.1) is 28.7 Å². The maximum absolute atomic E-state index is 12.8. The summed E-state index contributed by atoms with van der Waals surface area (Å²) in [6, 6.07) is 11.5. The number of benzene rings is 2. The normalized spacial score (nSPS) is 15.1. The van der Waals surface area contributed by atoms with Gasteiger partial charge >= 0.3 is 5.97 Å². The topological polar surface area (TPSA) is 82.1 Å². The molecule has 0 saturated carbocycles. The van der Waals surface area contributed by atoms with Gasteiger partial charge in [0.2, 0.25) is 10.0 Å². The zero-order valence-electron chi connectivity index (χ0n) is 16.0. The SMILES string of the molecule is Cc1cccc(OCCOC(=O)c2cc(S(=O)(=O)N3CCOCC3)ccc2Cl)c1. The van der Waals surface area contributed by atoms with Gasteiger partial charge in [-0.3, -0.25) is 0 Å². The van der Waals surface area contributed by atoms with E-state index in [0.29, 0.717) is 19.0 Å². The van der Waals surface area contributed by atoms with E-state index in [1.807, 2.05) is 31.2 Å². The Morgan fingerprint density at radius 1 is 1.14 bits per heavy atom. The molecular weight excluding hydrogens is 418 g/mol. The number of ether oxygens (including phenoxy) is 3. The van der Waals surface area contributed by atoms with E-state index >= 15 is 0 Å². The van der Waals surface area contributed by atoms with Gasteiger partial charge in [0.25, 0.3) is 0 Å². The number of morpholine rings is 1. The number of carbonyl (C=O) groups is 1. The van der Waals surface area contributed by atoms with Crippen LogP contribution < -0.4 is 4.74 Å². The highest BCUT2D eigenvalue weighted by atomic mass is 35.5. The second-order valence-electron chi connectivity index (χ2n) is 6.46. The van der Waals surface area contributed by atoms with Crippen LogP contribution in [0.25, 0.3) is 0 Å². The minimum absolute atomic E-state index is 0.00319. The number of halogens is 1. The van der Waals surface area contributed by atoms with Gasteiger partial charge in [0, 0.05) is 13.1 Å². The third kappa shape index (κ3) is 5.48. The van der Waals surface area contributed by atoms with Crippen LogP contribution >= 0.6 is 11.6 Å². The van der Waals surface area contributed by atoms with E-state index in [4.69, 9.17) is 25.8 Å². The maximum atomic E-state index is 12.8.